The predicted molar refractivity (Wildman–Crippen MR) is 132 cm³/mol. The third kappa shape index (κ3) is 4.28. The van der Waals surface area contributed by atoms with Crippen LogP contribution in [-0.4, -0.2) is 43.2 Å². The van der Waals surface area contributed by atoms with Crippen molar-refractivity contribution in [3.05, 3.63) is 65.1 Å². The van der Waals surface area contributed by atoms with E-state index in [9.17, 15) is 4.79 Å². The molecule has 9 heteroatoms. The topological polar surface area (TPSA) is 80.5 Å². The maximum Gasteiger partial charge on any atom is 0.251 e. The molecule has 0 radical (unpaired) electrons. The van der Waals surface area contributed by atoms with Crippen molar-refractivity contribution in [3.8, 4) is 22.3 Å². The highest BCUT2D eigenvalue weighted by Crippen LogP contribution is 2.36. The molecule has 2 aliphatic rings. The zero-order chi connectivity index (χ0) is 25.6. The average molecular weight is 497 g/mol. The van der Waals surface area contributed by atoms with Gasteiger partial charge in [-0.05, 0) is 48.2 Å². The number of ether oxygens (including phenoxy) is 1. The van der Waals surface area contributed by atoms with E-state index in [-0.39, 0.29) is 57.3 Å². The molecule has 2 aromatic carbocycles. The summed E-state index contributed by atoms with van der Waals surface area (Å²) in [5, 5.41) is 2.68. The quantitative estimate of drug-likeness (QED) is 0.554. The number of nitrogens with zero attached hydrogens (tertiary/aromatic N) is 2. The molecule has 1 aromatic heterocycles. The Balaban J connectivity index is 1.52. The number of carbonyl (C=O) groups is 1. The normalized spacial score (nSPS) is 17.8. The first kappa shape index (κ1) is 24.1. The molecule has 0 aliphatic carbocycles. The van der Waals surface area contributed by atoms with Crippen LogP contribution in [0.2, 0.25) is 0 Å². The highest BCUT2D eigenvalue weighted by atomic mass is 19.2. The van der Waals surface area contributed by atoms with Gasteiger partial charge in [0.25, 0.3) is 5.91 Å². The van der Waals surface area contributed by atoms with Crippen molar-refractivity contribution in [1.82, 2.24) is 10.3 Å². The lowest BCUT2D eigenvalue weighted by Gasteiger charge is -2.36. The van der Waals surface area contributed by atoms with Gasteiger partial charge in [0, 0.05) is 53.6 Å². The Morgan fingerprint density at radius 3 is 2.67 bits per heavy atom. The molecule has 0 saturated carbocycles. The number of anilines is 2. The van der Waals surface area contributed by atoms with Crippen molar-refractivity contribution in [2.24, 2.45) is 5.92 Å². The Labute approximate surface area is 207 Å². The summed E-state index contributed by atoms with van der Waals surface area (Å²) in [6.45, 7) is 5.87. The van der Waals surface area contributed by atoms with E-state index in [1.807, 2.05) is 13.8 Å². The first-order valence-corrected chi connectivity index (χ1v) is 12.0. The summed E-state index contributed by atoms with van der Waals surface area (Å²) >= 11 is 0. The summed E-state index contributed by atoms with van der Waals surface area (Å²) in [4.78, 5) is 18.0. The summed E-state index contributed by atoms with van der Waals surface area (Å²) in [7, 11) is 0. The number of aromatic nitrogens is 1. The molecule has 1 amide bonds. The lowest BCUT2D eigenvalue weighted by molar-refractivity contribution is 0.0112. The Morgan fingerprint density at radius 2 is 1.89 bits per heavy atom. The minimum Gasteiger partial charge on any atom is -0.383 e. The van der Waals surface area contributed by atoms with Crippen LogP contribution in [0, 0.1) is 23.4 Å². The highest BCUT2D eigenvalue weighted by Gasteiger charge is 2.27. The number of hydrogen-bond acceptors (Lipinski definition) is 5. The average Bonchev–Trinajstić information content (AvgIpc) is 2.86. The monoisotopic (exact) mass is 496 g/mol. The molecule has 0 spiro atoms. The van der Waals surface area contributed by atoms with E-state index < -0.39 is 17.5 Å². The van der Waals surface area contributed by atoms with E-state index in [1.54, 1.807) is 17.0 Å². The van der Waals surface area contributed by atoms with Gasteiger partial charge in [-0.25, -0.2) is 18.2 Å². The fourth-order valence-electron chi connectivity index (χ4n) is 4.79. The van der Waals surface area contributed by atoms with Crippen LogP contribution in [-0.2, 0) is 11.2 Å². The molecule has 6 nitrogen and oxygen atoms in total. The number of rotatable bonds is 4. The van der Waals surface area contributed by atoms with Crippen LogP contribution in [0.1, 0.15) is 29.8 Å². The maximum atomic E-state index is 15.3. The van der Waals surface area contributed by atoms with Crippen molar-refractivity contribution in [3.63, 3.8) is 0 Å². The van der Waals surface area contributed by atoms with Crippen LogP contribution in [0.5, 0.6) is 0 Å². The van der Waals surface area contributed by atoms with Gasteiger partial charge >= 0.3 is 0 Å². The van der Waals surface area contributed by atoms with Gasteiger partial charge in [-0.2, -0.15) is 0 Å². The minimum atomic E-state index is -1.01. The molecule has 3 aromatic rings. The van der Waals surface area contributed by atoms with Gasteiger partial charge in [-0.1, -0.05) is 13.8 Å². The number of hydrogen-bond donors (Lipinski definition) is 2. The summed E-state index contributed by atoms with van der Waals surface area (Å²) < 4.78 is 51.4. The van der Waals surface area contributed by atoms with Crippen LogP contribution in [0.25, 0.3) is 22.3 Å². The van der Waals surface area contributed by atoms with Gasteiger partial charge in [-0.15, -0.1) is 0 Å². The molecule has 188 valence electrons. The Hall–Kier alpha value is -3.59. The molecule has 3 N–H and O–H groups in total. The molecule has 1 saturated heterocycles. The zero-order valence-electron chi connectivity index (χ0n) is 20.1. The van der Waals surface area contributed by atoms with E-state index in [2.05, 4.69) is 10.3 Å². The number of nitrogens with one attached hydrogen (secondary N) is 1. The number of morpholine rings is 1. The molecule has 36 heavy (non-hydrogen) atoms. The minimum absolute atomic E-state index is 0.00332. The number of halogens is 3. The molecule has 0 bridgehead atoms. The summed E-state index contributed by atoms with van der Waals surface area (Å²) in [5.74, 6) is -2.66. The number of nitrogen functional groups attached to an aromatic ring is 1. The predicted octanol–water partition coefficient (Wildman–Crippen LogP) is 4.56. The molecule has 2 aliphatic heterocycles. The lowest BCUT2D eigenvalue weighted by Crippen LogP contribution is -2.45. The van der Waals surface area contributed by atoms with E-state index in [0.29, 0.717) is 38.2 Å². The van der Waals surface area contributed by atoms with Gasteiger partial charge < -0.3 is 20.7 Å². The van der Waals surface area contributed by atoms with Crippen LogP contribution < -0.4 is 16.0 Å². The van der Waals surface area contributed by atoms with Crippen molar-refractivity contribution >= 4 is 17.4 Å². The first-order valence-electron chi connectivity index (χ1n) is 12.0. The highest BCUT2D eigenvalue weighted by molar-refractivity contribution is 5.97. The molecule has 5 rings (SSSR count). The number of nitrogens with two attached hydrogens (primary N) is 1. The number of amides is 1. The second kappa shape index (κ2) is 9.46. The van der Waals surface area contributed by atoms with E-state index in [1.165, 1.54) is 24.4 Å². The van der Waals surface area contributed by atoms with Crippen molar-refractivity contribution < 1.29 is 22.7 Å². The van der Waals surface area contributed by atoms with Gasteiger partial charge in [0.1, 0.15) is 11.6 Å². The largest absolute Gasteiger partial charge is 0.383 e. The summed E-state index contributed by atoms with van der Waals surface area (Å²) in [5.41, 5.74) is 7.85. The Morgan fingerprint density at radius 1 is 1.08 bits per heavy atom. The van der Waals surface area contributed by atoms with Crippen LogP contribution in [0.4, 0.5) is 24.7 Å². The first-order chi connectivity index (χ1) is 17.2. The summed E-state index contributed by atoms with van der Waals surface area (Å²) in [6.07, 6.45) is 1.81. The number of pyridine rings is 1. The lowest BCUT2D eigenvalue weighted by atomic mass is 9.93. The fourth-order valence-corrected chi connectivity index (χ4v) is 4.79. The SMILES string of the molecule is CC(C)[C@@H]1CN(c2ccc(-c3cnc(N)c(-c4cc5c(cc4F)C(=O)NCC5)c3)c(F)c2F)CCO1. The second-order valence-corrected chi connectivity index (χ2v) is 9.51. The second-order valence-electron chi connectivity index (χ2n) is 9.51. The maximum absolute atomic E-state index is 15.3. The smallest absolute Gasteiger partial charge is 0.251 e. The van der Waals surface area contributed by atoms with E-state index in [4.69, 9.17) is 10.5 Å². The molecule has 1 atom stereocenters. The standard InChI is InChI=1S/C27H27F3N4O2/c1-14(2)23-13-34(7-8-36-23)22-4-3-17(24(29)25(22)30)16-10-20(26(31)33-12-16)19-9-15-5-6-32-27(35)18(15)11-21(19)28/h3-4,9-12,14,23H,5-8,13H2,1-2H3,(H2,31,33)(H,32,35)/t23-/m0/s1. The van der Waals surface area contributed by atoms with Gasteiger partial charge in [0.15, 0.2) is 11.6 Å². The number of fused-ring (bicyclic) bond motifs is 1. The van der Waals surface area contributed by atoms with Gasteiger partial charge in [0.05, 0.1) is 18.4 Å². The zero-order valence-corrected chi connectivity index (χ0v) is 20.1. The van der Waals surface area contributed by atoms with Gasteiger partial charge in [-0.3, -0.25) is 4.79 Å². The van der Waals surface area contributed by atoms with Crippen LogP contribution in [0.15, 0.2) is 36.5 Å². The molecule has 1 fully saturated rings. The Kier molecular flexibility index (Phi) is 6.34. The molecule has 3 heterocycles. The fraction of sp³-hybridized carbons (Fsp3) is 0.333. The van der Waals surface area contributed by atoms with E-state index >= 15 is 13.2 Å². The van der Waals surface area contributed by atoms with Crippen LogP contribution >= 0.6 is 0 Å². The Bertz CT molecular complexity index is 1350. The molecule has 0 unspecified atom stereocenters. The van der Waals surface area contributed by atoms with Crippen molar-refractivity contribution in [1.29, 1.82) is 0 Å². The van der Waals surface area contributed by atoms with E-state index in [0.717, 1.165) is 0 Å². The molecular weight excluding hydrogens is 469 g/mol. The third-order valence-corrected chi connectivity index (χ3v) is 6.88. The van der Waals surface area contributed by atoms with Gasteiger partial charge in [0.2, 0.25) is 0 Å². The third-order valence-electron chi connectivity index (χ3n) is 6.88. The van der Waals surface area contributed by atoms with Crippen molar-refractivity contribution in [2.45, 2.75) is 26.4 Å². The van der Waals surface area contributed by atoms with Crippen LogP contribution in [0.3, 0.4) is 0 Å². The molecular formula is C27H27F3N4O2. The number of benzene rings is 2. The van der Waals surface area contributed by atoms with Crippen molar-refractivity contribution in [2.75, 3.05) is 36.9 Å². The summed E-state index contributed by atoms with van der Waals surface area (Å²) in [6, 6.07) is 7.29. The number of carbonyl (C=O) groups excluding carboxylic acids is 1.